The zero-order chi connectivity index (χ0) is 17.0. The molecule has 1 amide bonds. The molecule has 1 aromatic heterocycles. The van der Waals surface area contributed by atoms with Crippen LogP contribution in [0.25, 0.3) is 5.69 Å². The topological polar surface area (TPSA) is 89.2 Å². The average molecular weight is 385 g/mol. The quantitative estimate of drug-likeness (QED) is 0.826. The normalized spacial score (nSPS) is 11.5. The van der Waals surface area contributed by atoms with Crippen molar-refractivity contribution < 1.29 is 14.3 Å². The number of nitrogens with one attached hydrogen (secondary N) is 1. The molecule has 2 rings (SSSR count). The molecule has 0 spiro atoms. The second-order valence-corrected chi connectivity index (χ2v) is 5.66. The van der Waals surface area contributed by atoms with Crippen molar-refractivity contribution in [2.45, 2.75) is 13.5 Å². The molecule has 23 heavy (non-hydrogen) atoms. The van der Waals surface area contributed by atoms with Crippen molar-refractivity contribution in [2.24, 2.45) is 0 Å². The summed E-state index contributed by atoms with van der Waals surface area (Å²) in [6, 6.07) is 5.38. The van der Waals surface area contributed by atoms with E-state index in [0.29, 0.717) is 5.69 Å². The van der Waals surface area contributed by atoms with E-state index in [4.69, 9.17) is 5.11 Å². The van der Waals surface area contributed by atoms with Gasteiger partial charge in [0.15, 0.2) is 0 Å². The minimum atomic E-state index is -1.27. The zero-order valence-electron chi connectivity index (χ0n) is 12.2. The van der Waals surface area contributed by atoms with E-state index in [9.17, 15) is 14.0 Å². The highest BCUT2D eigenvalue weighted by atomic mass is 79.9. The smallest absolute Gasteiger partial charge is 0.404 e. The Labute approximate surface area is 139 Å². The van der Waals surface area contributed by atoms with E-state index in [-0.39, 0.29) is 25.0 Å². The minimum absolute atomic E-state index is 0.0896. The fourth-order valence-corrected chi connectivity index (χ4v) is 2.16. The maximum absolute atomic E-state index is 12.8. The number of aryl methyl sites for hydroxylation is 1. The molecular weight excluding hydrogens is 371 g/mol. The molecule has 1 heterocycles. The maximum Gasteiger partial charge on any atom is 0.404 e. The Kier molecular flexibility index (Phi) is 5.32. The number of amides is 1. The Hall–Kier alpha value is -2.42. The molecule has 0 fully saturated rings. The van der Waals surface area contributed by atoms with Crippen LogP contribution in [0.1, 0.15) is 5.56 Å². The van der Waals surface area contributed by atoms with Crippen LogP contribution in [0.5, 0.6) is 0 Å². The summed E-state index contributed by atoms with van der Waals surface area (Å²) in [7, 11) is 0. The molecule has 7 nitrogen and oxygen atoms in total. The highest BCUT2D eigenvalue weighted by molar-refractivity contribution is 9.10. The molecule has 1 aromatic carbocycles. The van der Waals surface area contributed by atoms with Gasteiger partial charge in [0.2, 0.25) is 0 Å². The van der Waals surface area contributed by atoms with Crippen molar-refractivity contribution in [3.8, 4) is 5.69 Å². The third-order valence-electron chi connectivity index (χ3n) is 3.13. The monoisotopic (exact) mass is 384 g/mol. The number of carbonyl (C=O) groups is 1. The van der Waals surface area contributed by atoms with Crippen molar-refractivity contribution in [1.29, 1.82) is 0 Å². The number of carboxylic acid groups (broad SMARTS) is 1. The van der Waals surface area contributed by atoms with Gasteiger partial charge >= 0.3 is 11.8 Å². The number of halogens is 2. The molecular formula is C14H14BrFN4O3. The number of nitrogens with zero attached hydrogens (tertiary/aromatic N) is 3. The molecule has 2 N–H and O–H groups in total. The number of aromatic nitrogens is 3. The highest BCUT2D eigenvalue weighted by Crippen LogP contribution is 2.18. The van der Waals surface area contributed by atoms with Gasteiger partial charge in [-0.2, -0.15) is 5.10 Å². The lowest BCUT2D eigenvalue weighted by atomic mass is 10.2. The summed E-state index contributed by atoms with van der Waals surface area (Å²) in [5.41, 5.74) is 1.24. The first-order chi connectivity index (χ1) is 10.9. The van der Waals surface area contributed by atoms with Crippen LogP contribution < -0.4 is 11.0 Å². The van der Waals surface area contributed by atoms with Gasteiger partial charge in [-0.3, -0.25) is 0 Å². The molecule has 0 atom stereocenters. The van der Waals surface area contributed by atoms with Gasteiger partial charge in [-0.1, -0.05) is 15.9 Å². The third-order valence-corrected chi connectivity index (χ3v) is 4.02. The number of hydrogen-bond acceptors (Lipinski definition) is 3. The van der Waals surface area contributed by atoms with Crippen LogP contribution in [-0.4, -0.2) is 32.1 Å². The van der Waals surface area contributed by atoms with Gasteiger partial charge in [0, 0.05) is 11.0 Å². The Balaban J connectivity index is 2.23. The number of benzene rings is 1. The van der Waals surface area contributed by atoms with E-state index < -0.39 is 11.8 Å². The lowest BCUT2D eigenvalue weighted by Crippen LogP contribution is -2.29. The Morgan fingerprint density at radius 3 is 2.87 bits per heavy atom. The maximum atomic E-state index is 12.8. The average Bonchev–Trinajstić information content (AvgIpc) is 2.87. The number of rotatable bonds is 5. The third kappa shape index (κ3) is 4.07. The van der Waals surface area contributed by atoms with Gasteiger partial charge in [0.1, 0.15) is 6.33 Å². The zero-order valence-corrected chi connectivity index (χ0v) is 13.7. The standard InChI is InChI=1S/C14H14BrFN4O3/c1-9-4-11(2-3-12(9)15)19-8-18-20(14(19)23)7-10(5-16)6-17-13(21)22/h2-5,8,17H,6-7H2,1H3,(H,21,22)/b10-5-. The fourth-order valence-electron chi connectivity index (χ4n) is 1.91. The predicted octanol–water partition coefficient (Wildman–Crippen LogP) is 2.23. The fraction of sp³-hybridized carbons (Fsp3) is 0.214. The Morgan fingerprint density at radius 1 is 1.52 bits per heavy atom. The number of hydrogen-bond donors (Lipinski definition) is 2. The lowest BCUT2D eigenvalue weighted by Gasteiger charge is -2.05. The van der Waals surface area contributed by atoms with Crippen molar-refractivity contribution >= 4 is 22.0 Å². The molecule has 0 unspecified atom stereocenters. The molecule has 0 saturated carbocycles. The van der Waals surface area contributed by atoms with Gasteiger partial charge in [0.25, 0.3) is 0 Å². The summed E-state index contributed by atoms with van der Waals surface area (Å²) in [6.07, 6.45) is 0.337. The molecule has 122 valence electrons. The van der Waals surface area contributed by atoms with Crippen LogP contribution in [0.4, 0.5) is 9.18 Å². The van der Waals surface area contributed by atoms with Crippen LogP contribution in [0.15, 0.2) is 45.7 Å². The second-order valence-electron chi connectivity index (χ2n) is 4.80. The SMILES string of the molecule is Cc1cc(-n2cnn(C/C(=C\F)CNC(=O)O)c2=O)ccc1Br. The van der Waals surface area contributed by atoms with Gasteiger partial charge in [-0.25, -0.2) is 23.2 Å². The van der Waals surface area contributed by atoms with Crippen LogP contribution in [0, 0.1) is 6.92 Å². The van der Waals surface area contributed by atoms with Crippen molar-refractivity contribution in [3.63, 3.8) is 0 Å². The van der Waals surface area contributed by atoms with Crippen molar-refractivity contribution in [2.75, 3.05) is 6.54 Å². The van der Waals surface area contributed by atoms with Crippen LogP contribution in [-0.2, 0) is 6.54 Å². The molecule has 0 aliphatic heterocycles. The van der Waals surface area contributed by atoms with E-state index in [2.05, 4.69) is 21.0 Å². The highest BCUT2D eigenvalue weighted by Gasteiger charge is 2.10. The first kappa shape index (κ1) is 16.9. The molecule has 0 aliphatic carbocycles. The lowest BCUT2D eigenvalue weighted by molar-refractivity contribution is 0.195. The molecule has 0 radical (unpaired) electrons. The van der Waals surface area contributed by atoms with E-state index >= 15 is 0 Å². The van der Waals surface area contributed by atoms with Crippen LogP contribution in [0.2, 0.25) is 0 Å². The minimum Gasteiger partial charge on any atom is -0.465 e. The Bertz CT molecular complexity index is 813. The van der Waals surface area contributed by atoms with E-state index in [1.807, 2.05) is 24.4 Å². The van der Waals surface area contributed by atoms with Crippen molar-refractivity contribution in [3.05, 3.63) is 56.9 Å². The molecule has 0 bridgehead atoms. The first-order valence-electron chi connectivity index (χ1n) is 6.58. The van der Waals surface area contributed by atoms with E-state index in [1.165, 1.54) is 10.9 Å². The first-order valence-corrected chi connectivity index (χ1v) is 7.37. The van der Waals surface area contributed by atoms with Gasteiger partial charge in [-0.05, 0) is 36.3 Å². The van der Waals surface area contributed by atoms with Crippen molar-refractivity contribution in [1.82, 2.24) is 19.7 Å². The predicted molar refractivity (Wildman–Crippen MR) is 85.5 cm³/mol. The van der Waals surface area contributed by atoms with Crippen LogP contribution >= 0.6 is 15.9 Å². The van der Waals surface area contributed by atoms with Gasteiger partial charge < -0.3 is 10.4 Å². The summed E-state index contributed by atoms with van der Waals surface area (Å²) in [5.74, 6) is 0. The van der Waals surface area contributed by atoms with Crippen LogP contribution in [0.3, 0.4) is 0 Å². The summed E-state index contributed by atoms with van der Waals surface area (Å²) in [4.78, 5) is 22.8. The molecule has 0 saturated heterocycles. The summed E-state index contributed by atoms with van der Waals surface area (Å²) < 4.78 is 16.1. The Morgan fingerprint density at radius 2 is 2.26 bits per heavy atom. The van der Waals surface area contributed by atoms with Gasteiger partial charge in [0.05, 0.1) is 18.6 Å². The van der Waals surface area contributed by atoms with E-state index in [0.717, 1.165) is 14.7 Å². The molecule has 0 aliphatic rings. The molecule has 2 aromatic rings. The van der Waals surface area contributed by atoms with Gasteiger partial charge in [-0.15, -0.1) is 0 Å². The largest absolute Gasteiger partial charge is 0.465 e. The second kappa shape index (κ2) is 7.23. The summed E-state index contributed by atoms with van der Waals surface area (Å²) in [6.45, 7) is 1.53. The summed E-state index contributed by atoms with van der Waals surface area (Å²) in [5, 5.41) is 14.5. The molecule has 9 heteroatoms. The van der Waals surface area contributed by atoms with E-state index in [1.54, 1.807) is 6.07 Å². The summed E-state index contributed by atoms with van der Waals surface area (Å²) >= 11 is 3.38.